The molecule has 0 radical (unpaired) electrons. The zero-order valence-corrected chi connectivity index (χ0v) is 9.57. The fourth-order valence-corrected chi connectivity index (χ4v) is 1.43. The molecule has 2 aromatic rings. The van der Waals surface area contributed by atoms with Gasteiger partial charge in [0.1, 0.15) is 5.82 Å². The lowest BCUT2D eigenvalue weighted by Gasteiger charge is -2.11. The molecule has 2 rings (SSSR count). The number of nitrogens with one attached hydrogen (secondary N) is 2. The van der Waals surface area contributed by atoms with E-state index in [1.807, 2.05) is 49.7 Å². The van der Waals surface area contributed by atoms with E-state index < -0.39 is 0 Å². The first-order valence-electron chi connectivity index (χ1n) is 5.24. The Balaban J connectivity index is 1.95. The van der Waals surface area contributed by atoms with Crippen molar-refractivity contribution in [2.24, 2.45) is 0 Å². The first-order valence-corrected chi connectivity index (χ1v) is 5.24. The fourth-order valence-electron chi connectivity index (χ4n) is 1.43. The number of aromatic amines is 1. The summed E-state index contributed by atoms with van der Waals surface area (Å²) < 4.78 is 0. The largest absolute Gasteiger partial charge is 0.380 e. The van der Waals surface area contributed by atoms with Gasteiger partial charge < -0.3 is 15.2 Å². The van der Waals surface area contributed by atoms with Crippen molar-refractivity contribution in [1.82, 2.24) is 9.97 Å². The smallest absolute Gasteiger partial charge is 0.128 e. The quantitative estimate of drug-likeness (QED) is 0.822. The van der Waals surface area contributed by atoms with Gasteiger partial charge in [0.15, 0.2) is 0 Å². The number of H-pyrrole nitrogens is 1. The minimum atomic E-state index is 0.812. The summed E-state index contributed by atoms with van der Waals surface area (Å²) in [4.78, 5) is 9.34. The van der Waals surface area contributed by atoms with Crippen LogP contribution in [0.4, 0.5) is 11.5 Å². The summed E-state index contributed by atoms with van der Waals surface area (Å²) in [5, 5.41) is 3.31. The number of hydrogen-bond donors (Lipinski definition) is 2. The molecular weight excluding hydrogens is 200 g/mol. The van der Waals surface area contributed by atoms with Crippen LogP contribution in [0.2, 0.25) is 0 Å². The van der Waals surface area contributed by atoms with E-state index in [0.29, 0.717) is 0 Å². The number of rotatable bonds is 4. The molecule has 0 aliphatic rings. The number of nitrogens with zero attached hydrogens (tertiary/aromatic N) is 2. The molecule has 0 fully saturated rings. The van der Waals surface area contributed by atoms with Gasteiger partial charge in [-0.2, -0.15) is 0 Å². The Kier molecular flexibility index (Phi) is 3.10. The third kappa shape index (κ3) is 2.53. The lowest BCUT2D eigenvalue weighted by Crippen LogP contribution is -2.10. The van der Waals surface area contributed by atoms with Gasteiger partial charge in [-0.15, -0.1) is 0 Å². The van der Waals surface area contributed by atoms with Crippen LogP contribution in [0.1, 0.15) is 5.56 Å². The van der Waals surface area contributed by atoms with Gasteiger partial charge in [0.05, 0.1) is 11.9 Å². The van der Waals surface area contributed by atoms with E-state index >= 15 is 0 Å². The highest BCUT2D eigenvalue weighted by Crippen LogP contribution is 2.12. The van der Waals surface area contributed by atoms with Crippen molar-refractivity contribution >= 4 is 11.5 Å². The van der Waals surface area contributed by atoms with Crippen LogP contribution in [-0.4, -0.2) is 24.1 Å². The third-order valence-corrected chi connectivity index (χ3v) is 2.37. The topological polar surface area (TPSA) is 44.0 Å². The summed E-state index contributed by atoms with van der Waals surface area (Å²) in [6.07, 6.45) is 5.75. The Labute approximate surface area is 95.3 Å². The Morgan fingerprint density at radius 3 is 2.75 bits per heavy atom. The molecule has 2 aromatic heterocycles. The van der Waals surface area contributed by atoms with Gasteiger partial charge in [-0.25, -0.2) is 4.98 Å². The van der Waals surface area contributed by atoms with Crippen molar-refractivity contribution in [3.8, 4) is 0 Å². The second-order valence-corrected chi connectivity index (χ2v) is 3.87. The number of pyridine rings is 1. The minimum Gasteiger partial charge on any atom is -0.380 e. The molecule has 4 heteroatoms. The first kappa shape index (κ1) is 10.5. The van der Waals surface area contributed by atoms with E-state index in [0.717, 1.165) is 18.1 Å². The molecule has 0 unspecified atom stereocenters. The van der Waals surface area contributed by atoms with Crippen LogP contribution in [-0.2, 0) is 6.54 Å². The summed E-state index contributed by atoms with van der Waals surface area (Å²) in [6, 6.07) is 6.09. The van der Waals surface area contributed by atoms with Crippen molar-refractivity contribution < 1.29 is 0 Å². The van der Waals surface area contributed by atoms with Gasteiger partial charge in [0, 0.05) is 33.0 Å². The van der Waals surface area contributed by atoms with Crippen molar-refractivity contribution in [2.45, 2.75) is 6.54 Å². The predicted octanol–water partition coefficient (Wildman–Crippen LogP) is 2.09. The van der Waals surface area contributed by atoms with Crippen LogP contribution >= 0.6 is 0 Å². The van der Waals surface area contributed by atoms with Gasteiger partial charge in [-0.1, -0.05) is 0 Å². The maximum atomic E-state index is 4.33. The molecule has 0 saturated heterocycles. The molecule has 4 nitrogen and oxygen atoms in total. The normalized spacial score (nSPS) is 10.1. The monoisotopic (exact) mass is 216 g/mol. The maximum Gasteiger partial charge on any atom is 0.128 e. The van der Waals surface area contributed by atoms with Gasteiger partial charge in [0.25, 0.3) is 0 Å². The van der Waals surface area contributed by atoms with Crippen molar-refractivity contribution in [2.75, 3.05) is 24.3 Å². The lowest BCUT2D eigenvalue weighted by molar-refractivity contribution is 1.06. The van der Waals surface area contributed by atoms with E-state index in [4.69, 9.17) is 0 Å². The minimum absolute atomic E-state index is 0.812. The van der Waals surface area contributed by atoms with Crippen molar-refractivity contribution in [3.05, 3.63) is 42.4 Å². The fraction of sp³-hybridized carbons (Fsp3) is 0.250. The molecule has 0 saturated carbocycles. The first-order chi connectivity index (χ1) is 7.75. The molecule has 0 amide bonds. The van der Waals surface area contributed by atoms with Gasteiger partial charge in [-0.3, -0.25) is 0 Å². The Bertz CT molecular complexity index is 417. The summed E-state index contributed by atoms with van der Waals surface area (Å²) in [7, 11) is 3.96. The zero-order chi connectivity index (χ0) is 11.4. The second kappa shape index (κ2) is 4.70. The van der Waals surface area contributed by atoms with Crippen LogP contribution in [0.5, 0.6) is 0 Å². The van der Waals surface area contributed by atoms with Crippen LogP contribution < -0.4 is 10.2 Å². The average molecular weight is 216 g/mol. The number of anilines is 2. The van der Waals surface area contributed by atoms with E-state index in [2.05, 4.69) is 21.4 Å². The van der Waals surface area contributed by atoms with Crippen LogP contribution in [0, 0.1) is 0 Å². The molecule has 84 valence electrons. The Morgan fingerprint density at radius 2 is 2.19 bits per heavy atom. The molecule has 16 heavy (non-hydrogen) atoms. The standard InChI is InChI=1S/C12H16N4/c1-16(2)12-4-3-11(9-15-12)14-8-10-5-6-13-7-10/h3-7,9,13-14H,8H2,1-2H3. The summed E-state index contributed by atoms with van der Waals surface area (Å²) in [5.74, 6) is 0.965. The molecule has 2 N–H and O–H groups in total. The van der Waals surface area contributed by atoms with E-state index in [-0.39, 0.29) is 0 Å². The van der Waals surface area contributed by atoms with Crippen LogP contribution in [0.3, 0.4) is 0 Å². The maximum absolute atomic E-state index is 4.33. The molecule has 0 spiro atoms. The lowest BCUT2D eigenvalue weighted by atomic mass is 10.3. The van der Waals surface area contributed by atoms with E-state index in [1.165, 1.54) is 5.56 Å². The van der Waals surface area contributed by atoms with Gasteiger partial charge in [-0.05, 0) is 23.8 Å². The van der Waals surface area contributed by atoms with Crippen molar-refractivity contribution in [3.63, 3.8) is 0 Å². The summed E-state index contributed by atoms with van der Waals surface area (Å²) in [6.45, 7) is 0.812. The molecule has 0 atom stereocenters. The zero-order valence-electron chi connectivity index (χ0n) is 9.57. The summed E-state index contributed by atoms with van der Waals surface area (Å²) >= 11 is 0. The van der Waals surface area contributed by atoms with E-state index in [9.17, 15) is 0 Å². The average Bonchev–Trinajstić information content (AvgIpc) is 2.80. The van der Waals surface area contributed by atoms with E-state index in [1.54, 1.807) is 0 Å². The summed E-state index contributed by atoms with van der Waals surface area (Å²) in [5.41, 5.74) is 2.27. The van der Waals surface area contributed by atoms with Crippen molar-refractivity contribution in [1.29, 1.82) is 0 Å². The predicted molar refractivity (Wildman–Crippen MR) is 66.7 cm³/mol. The molecule has 0 aromatic carbocycles. The molecule has 0 bridgehead atoms. The Morgan fingerprint density at radius 1 is 1.31 bits per heavy atom. The SMILES string of the molecule is CN(C)c1ccc(NCc2cc[nH]c2)cn1. The molecule has 0 aliphatic heterocycles. The van der Waals surface area contributed by atoms with Gasteiger partial charge >= 0.3 is 0 Å². The highest BCUT2D eigenvalue weighted by atomic mass is 15.1. The molecular formula is C12H16N4. The highest BCUT2D eigenvalue weighted by molar-refractivity contribution is 5.48. The second-order valence-electron chi connectivity index (χ2n) is 3.87. The van der Waals surface area contributed by atoms with Crippen LogP contribution in [0.25, 0.3) is 0 Å². The molecule has 2 heterocycles. The third-order valence-electron chi connectivity index (χ3n) is 2.37. The Hall–Kier alpha value is -1.97. The highest BCUT2D eigenvalue weighted by Gasteiger charge is 1.97. The van der Waals surface area contributed by atoms with Gasteiger partial charge in [0.2, 0.25) is 0 Å². The molecule has 0 aliphatic carbocycles. The van der Waals surface area contributed by atoms with Crippen LogP contribution in [0.15, 0.2) is 36.8 Å². The number of aromatic nitrogens is 2. The number of hydrogen-bond acceptors (Lipinski definition) is 3.